The van der Waals surface area contributed by atoms with Gasteiger partial charge in [-0.3, -0.25) is 4.79 Å². The third-order valence-electron chi connectivity index (χ3n) is 5.18. The van der Waals surface area contributed by atoms with E-state index in [9.17, 15) is 30.8 Å². The number of hydrogen-bond acceptors (Lipinski definition) is 5. The van der Waals surface area contributed by atoms with E-state index in [2.05, 4.69) is 10.5 Å². The van der Waals surface area contributed by atoms with E-state index in [0.29, 0.717) is 23.5 Å². The maximum Gasteiger partial charge on any atom is 0.419 e. The zero-order valence-electron chi connectivity index (χ0n) is 16.9. The van der Waals surface area contributed by atoms with Gasteiger partial charge in [0.15, 0.2) is 5.69 Å². The average molecular weight is 483 g/mol. The van der Waals surface area contributed by atoms with Gasteiger partial charge in [0.2, 0.25) is 10.0 Å². The Morgan fingerprint density at radius 1 is 1.15 bits per heavy atom. The predicted octanol–water partition coefficient (Wildman–Crippen LogP) is 3.51. The van der Waals surface area contributed by atoms with Crippen LogP contribution in [0.15, 0.2) is 57.9 Å². The molecule has 12 heteroatoms. The van der Waals surface area contributed by atoms with Gasteiger partial charge in [0.1, 0.15) is 11.6 Å². The Hall–Kier alpha value is -3.25. The summed E-state index contributed by atoms with van der Waals surface area (Å²) in [6.45, 7) is -0.249. The van der Waals surface area contributed by atoms with E-state index in [4.69, 9.17) is 4.52 Å². The van der Waals surface area contributed by atoms with Crippen molar-refractivity contribution < 1.29 is 35.3 Å². The molecule has 4 rings (SSSR count). The van der Waals surface area contributed by atoms with Crippen molar-refractivity contribution in [2.75, 3.05) is 6.54 Å². The molecule has 1 amide bonds. The Kier molecular flexibility index (Phi) is 5.97. The van der Waals surface area contributed by atoms with Crippen molar-refractivity contribution in [2.24, 2.45) is 0 Å². The fourth-order valence-electron chi connectivity index (χ4n) is 3.47. The summed E-state index contributed by atoms with van der Waals surface area (Å²) in [5.74, 6) is -1.80. The molecule has 0 unspecified atom stereocenters. The third-order valence-corrected chi connectivity index (χ3v) is 7.04. The van der Waals surface area contributed by atoms with E-state index >= 15 is 0 Å². The van der Waals surface area contributed by atoms with Crippen molar-refractivity contribution >= 4 is 15.9 Å². The summed E-state index contributed by atoms with van der Waals surface area (Å²) >= 11 is 0. The molecule has 1 aromatic heterocycles. The van der Waals surface area contributed by atoms with Crippen molar-refractivity contribution in [2.45, 2.75) is 30.6 Å². The van der Waals surface area contributed by atoms with E-state index in [-0.39, 0.29) is 42.2 Å². The highest BCUT2D eigenvalue weighted by Crippen LogP contribution is 2.31. The molecule has 0 aliphatic carbocycles. The maximum absolute atomic E-state index is 13.7. The number of halogens is 4. The summed E-state index contributed by atoms with van der Waals surface area (Å²) in [6.07, 6.45) is -4.61. The van der Waals surface area contributed by atoms with Crippen LogP contribution in [-0.4, -0.2) is 30.3 Å². The number of rotatable bonds is 5. The average Bonchev–Trinajstić information content (AvgIpc) is 3.20. The molecule has 0 bridgehead atoms. The van der Waals surface area contributed by atoms with E-state index in [1.807, 2.05) is 0 Å². The fraction of sp³-hybridized carbons (Fsp3) is 0.238. The number of carbonyl (C=O) groups excluding carboxylic acids is 1. The second kappa shape index (κ2) is 8.60. The molecule has 1 aliphatic heterocycles. The van der Waals surface area contributed by atoms with E-state index < -0.39 is 33.5 Å². The Bertz CT molecular complexity index is 1290. The van der Waals surface area contributed by atoms with Crippen LogP contribution in [-0.2, 0) is 35.7 Å². The second-order valence-corrected chi connectivity index (χ2v) is 9.27. The molecule has 7 nitrogen and oxygen atoms in total. The van der Waals surface area contributed by atoms with Crippen LogP contribution >= 0.6 is 0 Å². The van der Waals surface area contributed by atoms with Gasteiger partial charge < -0.3 is 9.84 Å². The van der Waals surface area contributed by atoms with Crippen molar-refractivity contribution in [3.8, 4) is 0 Å². The van der Waals surface area contributed by atoms with Gasteiger partial charge in [-0.05, 0) is 29.8 Å². The number of nitrogens with one attached hydrogen (secondary N) is 1. The zero-order valence-corrected chi connectivity index (χ0v) is 17.7. The monoisotopic (exact) mass is 483 g/mol. The lowest BCUT2D eigenvalue weighted by molar-refractivity contribution is -0.140. The smallest absolute Gasteiger partial charge is 0.360 e. The maximum atomic E-state index is 13.7. The Morgan fingerprint density at radius 3 is 2.55 bits per heavy atom. The van der Waals surface area contributed by atoms with E-state index in [1.165, 1.54) is 16.4 Å². The highest BCUT2D eigenvalue weighted by Gasteiger charge is 2.35. The molecule has 0 saturated carbocycles. The van der Waals surface area contributed by atoms with Crippen LogP contribution < -0.4 is 5.32 Å². The highest BCUT2D eigenvalue weighted by atomic mass is 32.2. The van der Waals surface area contributed by atoms with Crippen molar-refractivity contribution in [3.63, 3.8) is 0 Å². The van der Waals surface area contributed by atoms with E-state index in [0.717, 1.165) is 6.07 Å². The van der Waals surface area contributed by atoms with Crippen molar-refractivity contribution in [1.82, 2.24) is 14.8 Å². The van der Waals surface area contributed by atoms with Gasteiger partial charge >= 0.3 is 6.18 Å². The number of amides is 1. The van der Waals surface area contributed by atoms with Crippen LogP contribution in [0.25, 0.3) is 0 Å². The minimum atomic E-state index is -4.82. The van der Waals surface area contributed by atoms with Gasteiger partial charge in [-0.15, -0.1) is 0 Å². The zero-order chi connectivity index (χ0) is 23.8. The minimum Gasteiger partial charge on any atom is -0.360 e. The van der Waals surface area contributed by atoms with Crippen LogP contribution in [0.3, 0.4) is 0 Å². The van der Waals surface area contributed by atoms with Crippen LogP contribution in [0.2, 0.25) is 0 Å². The van der Waals surface area contributed by atoms with Gasteiger partial charge in [0.05, 0.1) is 10.5 Å². The first-order valence-corrected chi connectivity index (χ1v) is 11.2. The first-order chi connectivity index (χ1) is 15.6. The summed E-state index contributed by atoms with van der Waals surface area (Å²) < 4.78 is 84.0. The first-order valence-electron chi connectivity index (χ1n) is 9.74. The van der Waals surface area contributed by atoms with Gasteiger partial charge in [-0.2, -0.15) is 17.5 Å². The number of fused-ring (bicyclic) bond motifs is 1. The minimum absolute atomic E-state index is 0.111. The summed E-state index contributed by atoms with van der Waals surface area (Å²) in [5.41, 5.74) is -1.12. The molecule has 0 saturated heterocycles. The summed E-state index contributed by atoms with van der Waals surface area (Å²) in [4.78, 5) is 12.7. The number of hydrogen-bond donors (Lipinski definition) is 1. The molecule has 0 atom stereocenters. The van der Waals surface area contributed by atoms with Crippen molar-refractivity contribution in [3.05, 3.63) is 82.5 Å². The number of benzene rings is 2. The molecular formula is C21H17F4N3O4S. The lowest BCUT2D eigenvalue weighted by Gasteiger charge is -2.25. The summed E-state index contributed by atoms with van der Waals surface area (Å²) in [5, 5.41) is 6.18. The van der Waals surface area contributed by atoms with Crippen LogP contribution in [0.4, 0.5) is 17.6 Å². The van der Waals surface area contributed by atoms with Crippen LogP contribution in [0.1, 0.15) is 32.9 Å². The van der Waals surface area contributed by atoms with Crippen molar-refractivity contribution in [1.29, 1.82) is 0 Å². The Balaban J connectivity index is 1.49. The molecule has 1 N–H and O–H groups in total. The molecule has 0 fully saturated rings. The number of sulfonamides is 1. The third kappa shape index (κ3) is 4.62. The number of aromatic nitrogens is 1. The predicted molar refractivity (Wildman–Crippen MR) is 107 cm³/mol. The lowest BCUT2D eigenvalue weighted by Crippen LogP contribution is -2.36. The van der Waals surface area contributed by atoms with Gasteiger partial charge in [0.25, 0.3) is 5.91 Å². The number of nitrogens with zero attached hydrogens (tertiary/aromatic N) is 2. The molecular weight excluding hydrogens is 466 g/mol. The molecule has 3 aromatic rings. The van der Waals surface area contributed by atoms with Gasteiger partial charge in [0, 0.05) is 31.6 Å². The molecule has 0 radical (unpaired) electrons. The summed E-state index contributed by atoms with van der Waals surface area (Å²) in [6, 6.07) is 10.2. The van der Waals surface area contributed by atoms with Crippen LogP contribution in [0, 0.1) is 5.82 Å². The Labute approximate surface area is 186 Å². The van der Waals surface area contributed by atoms with Gasteiger partial charge in [-0.25, -0.2) is 12.8 Å². The quantitative estimate of drug-likeness (QED) is 0.561. The molecule has 33 heavy (non-hydrogen) atoms. The standard InChI is InChI=1S/C21H17F4N3O4S/c22-17-10-13(6-7-16(17)21(23,24)25)11-26-20(29)19-15-12-28(9-8-18(15)32-27-19)33(30,31)14-4-2-1-3-5-14/h1-7,10H,8-9,11-12H2,(H,26,29). The SMILES string of the molecule is O=C(NCc1ccc(C(F)(F)F)c(F)c1)c1noc2c1CN(S(=O)(=O)c1ccccc1)CC2. The van der Waals surface area contributed by atoms with Crippen LogP contribution in [0.5, 0.6) is 0 Å². The molecule has 2 heterocycles. The van der Waals surface area contributed by atoms with Gasteiger partial charge in [-0.1, -0.05) is 29.4 Å². The number of carbonyl (C=O) groups is 1. The largest absolute Gasteiger partial charge is 0.419 e. The normalized spacial score (nSPS) is 14.7. The second-order valence-electron chi connectivity index (χ2n) is 7.33. The topological polar surface area (TPSA) is 92.5 Å². The fourth-order valence-corrected chi connectivity index (χ4v) is 4.90. The van der Waals surface area contributed by atoms with E-state index in [1.54, 1.807) is 18.2 Å². The number of alkyl halides is 3. The molecule has 0 spiro atoms. The highest BCUT2D eigenvalue weighted by molar-refractivity contribution is 7.89. The molecule has 1 aliphatic rings. The first kappa shape index (κ1) is 22.9. The molecule has 174 valence electrons. The Morgan fingerprint density at radius 2 is 1.88 bits per heavy atom. The summed E-state index contributed by atoms with van der Waals surface area (Å²) in [7, 11) is -3.80. The lowest BCUT2D eigenvalue weighted by atomic mass is 10.1. The molecule has 2 aromatic carbocycles.